The number of nitrogens with zero attached hydrogens (tertiary/aromatic N) is 2. The van der Waals surface area contributed by atoms with Crippen molar-refractivity contribution in [3.8, 4) is 34.1 Å². The fourth-order valence-electron chi connectivity index (χ4n) is 4.71. The number of H-pyrrole nitrogens is 1. The number of aromatic amines is 1. The van der Waals surface area contributed by atoms with Gasteiger partial charge < -0.3 is 23.8 Å². The van der Waals surface area contributed by atoms with Crippen LogP contribution in [0.4, 0.5) is 10.3 Å². The van der Waals surface area contributed by atoms with E-state index in [-0.39, 0.29) is 11.4 Å². The minimum absolute atomic E-state index is 0.326. The number of fused-ring (bicyclic) bond motifs is 2. The highest BCUT2D eigenvalue weighted by Gasteiger charge is 2.24. The molecule has 0 aliphatic carbocycles. The molecule has 0 unspecified atom stereocenters. The quantitative estimate of drug-likeness (QED) is 0.430. The molecule has 0 amide bonds. The zero-order valence-corrected chi connectivity index (χ0v) is 20.5. The second-order valence-electron chi connectivity index (χ2n) is 8.43. The molecule has 186 valence electrons. The van der Waals surface area contributed by atoms with Crippen LogP contribution in [0.5, 0.6) is 23.0 Å². The third kappa shape index (κ3) is 3.96. The molecular weight excluding hydrogens is 465 g/mol. The van der Waals surface area contributed by atoms with Gasteiger partial charge in [-0.25, -0.2) is 9.37 Å². The van der Waals surface area contributed by atoms with Gasteiger partial charge in [0, 0.05) is 24.7 Å². The molecule has 8 nitrogen and oxygen atoms in total. The lowest BCUT2D eigenvalue weighted by atomic mass is 9.98. The van der Waals surface area contributed by atoms with Crippen LogP contribution in [0.3, 0.4) is 0 Å². The molecule has 5 rings (SSSR count). The van der Waals surface area contributed by atoms with Gasteiger partial charge in [0.05, 0.1) is 39.3 Å². The predicted molar refractivity (Wildman–Crippen MR) is 135 cm³/mol. The van der Waals surface area contributed by atoms with E-state index in [2.05, 4.69) is 4.98 Å². The number of anilines is 1. The number of halogens is 1. The number of aromatic nitrogens is 2. The minimum atomic E-state index is -0.376. The SMILES string of the molecule is COc1cc2c(cc1OC)CN(c1nc3cc(OC)c(OC)c(-c4ccc(F)cc4)c3c(=O)[nH]1)CC2. The summed E-state index contributed by atoms with van der Waals surface area (Å²) >= 11 is 0. The first-order valence-corrected chi connectivity index (χ1v) is 11.4. The van der Waals surface area contributed by atoms with Crippen LogP contribution in [0.25, 0.3) is 22.0 Å². The number of methoxy groups -OCH3 is 4. The maximum absolute atomic E-state index is 13.6. The Balaban J connectivity index is 1.63. The molecule has 1 aliphatic heterocycles. The maximum atomic E-state index is 13.6. The van der Waals surface area contributed by atoms with Crippen LogP contribution in [-0.4, -0.2) is 45.0 Å². The molecule has 0 saturated heterocycles. The van der Waals surface area contributed by atoms with Crippen molar-refractivity contribution in [3.05, 3.63) is 69.8 Å². The number of benzene rings is 3. The molecule has 1 aromatic heterocycles. The van der Waals surface area contributed by atoms with Gasteiger partial charge in [0.15, 0.2) is 23.0 Å². The summed E-state index contributed by atoms with van der Waals surface area (Å²) in [4.78, 5) is 23.2. The third-order valence-corrected chi connectivity index (χ3v) is 6.48. The van der Waals surface area contributed by atoms with E-state index in [9.17, 15) is 9.18 Å². The summed E-state index contributed by atoms with van der Waals surface area (Å²) in [5, 5.41) is 0.340. The molecule has 1 N–H and O–H groups in total. The number of rotatable bonds is 6. The number of ether oxygens (including phenoxy) is 4. The number of hydrogen-bond acceptors (Lipinski definition) is 7. The normalized spacial score (nSPS) is 12.9. The summed E-state index contributed by atoms with van der Waals surface area (Å²) < 4.78 is 35.7. The summed E-state index contributed by atoms with van der Waals surface area (Å²) in [5.74, 6) is 2.22. The highest BCUT2D eigenvalue weighted by atomic mass is 19.1. The van der Waals surface area contributed by atoms with E-state index in [1.54, 1.807) is 32.4 Å². The first-order chi connectivity index (χ1) is 17.5. The van der Waals surface area contributed by atoms with Gasteiger partial charge in [0.25, 0.3) is 5.56 Å². The van der Waals surface area contributed by atoms with E-state index < -0.39 is 0 Å². The molecule has 9 heteroatoms. The third-order valence-electron chi connectivity index (χ3n) is 6.48. The Morgan fingerprint density at radius 1 is 0.889 bits per heavy atom. The molecular formula is C27H26FN3O5. The van der Waals surface area contributed by atoms with E-state index in [0.717, 1.165) is 17.5 Å². The maximum Gasteiger partial charge on any atom is 0.260 e. The smallest absolute Gasteiger partial charge is 0.260 e. The zero-order valence-electron chi connectivity index (χ0n) is 20.5. The molecule has 2 heterocycles. The van der Waals surface area contributed by atoms with Crippen molar-refractivity contribution in [2.24, 2.45) is 0 Å². The van der Waals surface area contributed by atoms with Crippen molar-refractivity contribution in [2.75, 3.05) is 39.9 Å². The summed E-state index contributed by atoms with van der Waals surface area (Å²) in [6, 6.07) is 11.5. The Labute approximate surface area is 207 Å². The van der Waals surface area contributed by atoms with Gasteiger partial charge in [-0.1, -0.05) is 12.1 Å². The minimum Gasteiger partial charge on any atom is -0.493 e. The average molecular weight is 492 g/mol. The van der Waals surface area contributed by atoms with Gasteiger partial charge in [-0.2, -0.15) is 0 Å². The monoisotopic (exact) mass is 491 g/mol. The van der Waals surface area contributed by atoms with Crippen LogP contribution in [-0.2, 0) is 13.0 Å². The molecule has 36 heavy (non-hydrogen) atoms. The lowest BCUT2D eigenvalue weighted by Crippen LogP contribution is -2.33. The predicted octanol–water partition coefficient (Wildman–Crippen LogP) is 4.33. The van der Waals surface area contributed by atoms with Crippen molar-refractivity contribution in [1.29, 1.82) is 0 Å². The highest BCUT2D eigenvalue weighted by Crippen LogP contribution is 2.42. The van der Waals surface area contributed by atoms with Crippen LogP contribution < -0.4 is 29.4 Å². The standard InChI is InChI=1S/C27H26FN3O5/c1-33-20-11-16-9-10-31(14-17(16)12-21(20)34-2)27-29-19-13-22(35-3)25(36-4)23(24(19)26(32)30-27)15-5-7-18(28)8-6-15/h5-8,11-13H,9-10,14H2,1-4H3,(H,29,30,32). The summed E-state index contributed by atoms with van der Waals surface area (Å²) in [6.07, 6.45) is 0.754. The Hall–Kier alpha value is -4.27. The van der Waals surface area contributed by atoms with Crippen molar-refractivity contribution in [1.82, 2.24) is 9.97 Å². The number of nitrogens with one attached hydrogen (secondary N) is 1. The Morgan fingerprint density at radius 2 is 1.56 bits per heavy atom. The largest absolute Gasteiger partial charge is 0.493 e. The van der Waals surface area contributed by atoms with Gasteiger partial charge in [0.2, 0.25) is 5.95 Å². The molecule has 0 atom stereocenters. The Morgan fingerprint density at radius 3 is 2.19 bits per heavy atom. The second-order valence-corrected chi connectivity index (χ2v) is 8.43. The van der Waals surface area contributed by atoms with Gasteiger partial charge in [-0.05, 0) is 47.4 Å². The molecule has 3 aromatic carbocycles. The van der Waals surface area contributed by atoms with E-state index in [1.165, 1.54) is 26.4 Å². The van der Waals surface area contributed by atoms with Crippen molar-refractivity contribution < 1.29 is 23.3 Å². The van der Waals surface area contributed by atoms with Crippen molar-refractivity contribution >= 4 is 16.9 Å². The molecule has 0 saturated carbocycles. The lowest BCUT2D eigenvalue weighted by molar-refractivity contribution is 0.353. The van der Waals surface area contributed by atoms with Crippen molar-refractivity contribution in [3.63, 3.8) is 0 Å². The second kappa shape index (κ2) is 9.41. The Bertz CT molecular complexity index is 1500. The molecule has 0 bridgehead atoms. The van der Waals surface area contributed by atoms with Crippen LogP contribution in [0.15, 0.2) is 47.3 Å². The summed E-state index contributed by atoms with van der Waals surface area (Å²) in [6.45, 7) is 1.21. The van der Waals surface area contributed by atoms with Gasteiger partial charge in [-0.15, -0.1) is 0 Å². The first-order valence-electron chi connectivity index (χ1n) is 11.4. The highest BCUT2D eigenvalue weighted by molar-refractivity contribution is 5.99. The van der Waals surface area contributed by atoms with Crippen LogP contribution in [0, 0.1) is 5.82 Å². The van der Waals surface area contributed by atoms with E-state index >= 15 is 0 Å². The van der Waals surface area contributed by atoms with E-state index in [1.807, 2.05) is 17.0 Å². The van der Waals surface area contributed by atoms with Crippen LogP contribution in [0.2, 0.25) is 0 Å². The molecule has 0 fully saturated rings. The van der Waals surface area contributed by atoms with E-state index in [4.69, 9.17) is 23.9 Å². The van der Waals surface area contributed by atoms with E-state index in [0.29, 0.717) is 64.1 Å². The van der Waals surface area contributed by atoms with Gasteiger partial charge in [0.1, 0.15) is 5.82 Å². The molecule has 0 spiro atoms. The Kier molecular flexibility index (Phi) is 6.13. The molecule has 1 aliphatic rings. The summed E-state index contributed by atoms with van der Waals surface area (Å²) in [5.41, 5.74) is 3.47. The average Bonchev–Trinajstić information content (AvgIpc) is 2.91. The fourth-order valence-corrected chi connectivity index (χ4v) is 4.71. The lowest BCUT2D eigenvalue weighted by Gasteiger charge is -2.30. The first kappa shape index (κ1) is 23.5. The van der Waals surface area contributed by atoms with Crippen LogP contribution in [0.1, 0.15) is 11.1 Å². The van der Waals surface area contributed by atoms with Gasteiger partial charge >= 0.3 is 0 Å². The topological polar surface area (TPSA) is 85.9 Å². The molecule has 4 aromatic rings. The molecule has 0 radical (unpaired) electrons. The fraction of sp³-hybridized carbons (Fsp3) is 0.259. The van der Waals surface area contributed by atoms with Gasteiger partial charge in [-0.3, -0.25) is 9.78 Å². The van der Waals surface area contributed by atoms with Crippen molar-refractivity contribution in [2.45, 2.75) is 13.0 Å². The number of hydrogen-bond donors (Lipinski definition) is 1. The zero-order chi connectivity index (χ0) is 25.4. The van der Waals surface area contributed by atoms with Crippen LogP contribution >= 0.6 is 0 Å². The summed E-state index contributed by atoms with van der Waals surface area (Å²) in [7, 11) is 6.25.